The van der Waals surface area contributed by atoms with E-state index >= 15 is 0 Å². The number of hydrogen-bond donors (Lipinski definition) is 0. The lowest BCUT2D eigenvalue weighted by Gasteiger charge is -2.32. The summed E-state index contributed by atoms with van der Waals surface area (Å²) in [6.07, 6.45) is 6.65. The second-order valence-electron chi connectivity index (χ2n) is 7.08. The molecule has 2 aliphatic heterocycles. The number of pyridine rings is 1. The Kier molecular flexibility index (Phi) is 6.11. The van der Waals surface area contributed by atoms with Crippen molar-refractivity contribution in [1.29, 1.82) is 0 Å². The Hall–Kier alpha value is -1.83. The Labute approximate surface area is 163 Å². The molecule has 0 aliphatic carbocycles. The molecule has 2 aromatic heterocycles. The van der Waals surface area contributed by atoms with Crippen molar-refractivity contribution < 1.29 is 14.3 Å². The third-order valence-electron chi connectivity index (χ3n) is 5.10. The molecule has 4 rings (SSSR count). The predicted octanol–water partition coefficient (Wildman–Crippen LogP) is 2.93. The van der Waals surface area contributed by atoms with E-state index in [4.69, 9.17) is 9.47 Å². The monoisotopic (exact) mass is 387 g/mol. The molecule has 144 valence electrons. The number of aromatic nitrogens is 2. The molecule has 27 heavy (non-hydrogen) atoms. The minimum absolute atomic E-state index is 0.144. The first-order valence-electron chi connectivity index (χ1n) is 9.65. The molecule has 1 amide bonds. The van der Waals surface area contributed by atoms with Crippen LogP contribution in [0.25, 0.3) is 10.7 Å². The second-order valence-corrected chi connectivity index (χ2v) is 7.94. The third-order valence-corrected chi connectivity index (χ3v) is 6.02. The number of piperidine rings is 1. The summed E-state index contributed by atoms with van der Waals surface area (Å²) >= 11 is 1.53. The van der Waals surface area contributed by atoms with Gasteiger partial charge in [0, 0.05) is 31.3 Å². The maximum absolute atomic E-state index is 12.6. The molecule has 0 spiro atoms. The standard InChI is InChI=1S/C20H25N3O3S/c24-19(12-15-14-27-20(22-15)18-5-1-2-8-21-18)23-9-6-16(7-10-23)26-13-17-4-3-11-25-17/h1-2,5,8,14,16-17H,3-4,6-7,9-13H2. The molecule has 6 nitrogen and oxygen atoms in total. The second kappa shape index (κ2) is 8.91. The number of ether oxygens (including phenoxy) is 2. The van der Waals surface area contributed by atoms with Crippen LogP contribution < -0.4 is 0 Å². The van der Waals surface area contributed by atoms with Gasteiger partial charge in [-0.2, -0.15) is 0 Å². The van der Waals surface area contributed by atoms with Gasteiger partial charge in [-0.15, -0.1) is 11.3 Å². The first kappa shape index (κ1) is 18.5. The van der Waals surface area contributed by atoms with Gasteiger partial charge in [-0.3, -0.25) is 9.78 Å². The molecular formula is C20H25N3O3S. The number of likely N-dealkylation sites (tertiary alicyclic amines) is 1. The van der Waals surface area contributed by atoms with Gasteiger partial charge in [0.15, 0.2) is 0 Å². The topological polar surface area (TPSA) is 64.6 Å². The molecule has 0 radical (unpaired) electrons. The highest BCUT2D eigenvalue weighted by Crippen LogP contribution is 2.23. The van der Waals surface area contributed by atoms with E-state index in [0.29, 0.717) is 13.0 Å². The van der Waals surface area contributed by atoms with Crippen LogP contribution in [0.1, 0.15) is 31.4 Å². The van der Waals surface area contributed by atoms with E-state index in [-0.39, 0.29) is 18.1 Å². The lowest BCUT2D eigenvalue weighted by Crippen LogP contribution is -2.42. The molecule has 2 aliphatic rings. The van der Waals surface area contributed by atoms with Crippen molar-refractivity contribution in [3.8, 4) is 10.7 Å². The number of rotatable bonds is 6. The molecule has 1 atom stereocenters. The molecular weight excluding hydrogens is 362 g/mol. The van der Waals surface area contributed by atoms with Crippen molar-refractivity contribution in [2.24, 2.45) is 0 Å². The van der Waals surface area contributed by atoms with Crippen LogP contribution in [0, 0.1) is 0 Å². The summed E-state index contributed by atoms with van der Waals surface area (Å²) < 4.78 is 11.6. The molecule has 0 saturated carbocycles. The molecule has 0 N–H and O–H groups in total. The van der Waals surface area contributed by atoms with E-state index in [0.717, 1.165) is 61.8 Å². The first-order valence-corrected chi connectivity index (χ1v) is 10.5. The van der Waals surface area contributed by atoms with Gasteiger partial charge in [-0.05, 0) is 37.8 Å². The van der Waals surface area contributed by atoms with Crippen molar-refractivity contribution in [3.63, 3.8) is 0 Å². The number of thiazole rings is 1. The highest BCUT2D eigenvalue weighted by Gasteiger charge is 2.25. The fourth-order valence-electron chi connectivity index (χ4n) is 3.55. The van der Waals surface area contributed by atoms with Crippen LogP contribution in [0.3, 0.4) is 0 Å². The van der Waals surface area contributed by atoms with Crippen molar-refractivity contribution in [1.82, 2.24) is 14.9 Å². The quantitative estimate of drug-likeness (QED) is 0.763. The molecule has 2 saturated heterocycles. The third kappa shape index (κ3) is 4.91. The number of nitrogens with zero attached hydrogens (tertiary/aromatic N) is 3. The zero-order chi connectivity index (χ0) is 18.5. The lowest BCUT2D eigenvalue weighted by atomic mass is 10.1. The van der Waals surface area contributed by atoms with Crippen molar-refractivity contribution >= 4 is 17.2 Å². The summed E-state index contributed by atoms with van der Waals surface area (Å²) in [7, 11) is 0. The molecule has 2 fully saturated rings. The van der Waals surface area contributed by atoms with Crippen LogP contribution in [-0.4, -0.2) is 59.3 Å². The Morgan fingerprint density at radius 1 is 1.30 bits per heavy atom. The highest BCUT2D eigenvalue weighted by molar-refractivity contribution is 7.13. The molecule has 1 unspecified atom stereocenters. The van der Waals surface area contributed by atoms with Gasteiger partial charge < -0.3 is 14.4 Å². The van der Waals surface area contributed by atoms with E-state index in [2.05, 4.69) is 9.97 Å². The summed E-state index contributed by atoms with van der Waals surface area (Å²) in [5.74, 6) is 0.144. The normalized spacial score (nSPS) is 20.9. The molecule has 0 bridgehead atoms. The van der Waals surface area contributed by atoms with Gasteiger partial charge in [-0.25, -0.2) is 4.98 Å². The molecule has 4 heterocycles. The SMILES string of the molecule is O=C(Cc1csc(-c2ccccn2)n1)N1CCC(OCC2CCCO2)CC1. The van der Waals surface area contributed by atoms with Crippen molar-refractivity contribution in [2.45, 2.75) is 44.3 Å². The predicted molar refractivity (Wildman–Crippen MR) is 104 cm³/mol. The van der Waals surface area contributed by atoms with E-state index in [9.17, 15) is 4.79 Å². The Balaban J connectivity index is 1.23. The average Bonchev–Trinajstić information content (AvgIpc) is 3.39. The Bertz CT molecular complexity index is 738. The van der Waals surface area contributed by atoms with E-state index in [1.165, 1.54) is 11.3 Å². The fraction of sp³-hybridized carbons (Fsp3) is 0.550. The van der Waals surface area contributed by atoms with Gasteiger partial charge in [-0.1, -0.05) is 6.07 Å². The van der Waals surface area contributed by atoms with E-state index in [1.807, 2.05) is 28.5 Å². The molecule has 0 aromatic carbocycles. The number of carbonyl (C=O) groups excluding carboxylic acids is 1. The van der Waals surface area contributed by atoms with Gasteiger partial charge in [0.2, 0.25) is 5.91 Å². The van der Waals surface area contributed by atoms with Crippen LogP contribution in [0.2, 0.25) is 0 Å². The maximum Gasteiger partial charge on any atom is 0.228 e. The number of hydrogen-bond acceptors (Lipinski definition) is 6. The highest BCUT2D eigenvalue weighted by atomic mass is 32.1. The first-order chi connectivity index (χ1) is 13.3. The maximum atomic E-state index is 12.6. The summed E-state index contributed by atoms with van der Waals surface area (Å²) in [5, 5.41) is 2.82. The van der Waals surface area contributed by atoms with Crippen LogP contribution in [-0.2, 0) is 20.7 Å². The van der Waals surface area contributed by atoms with Gasteiger partial charge in [0.1, 0.15) is 5.01 Å². The fourth-order valence-corrected chi connectivity index (χ4v) is 4.35. The summed E-state index contributed by atoms with van der Waals surface area (Å²) in [6.45, 7) is 3.06. The van der Waals surface area contributed by atoms with Gasteiger partial charge in [0.25, 0.3) is 0 Å². The largest absolute Gasteiger partial charge is 0.376 e. The van der Waals surface area contributed by atoms with E-state index < -0.39 is 0 Å². The van der Waals surface area contributed by atoms with Crippen LogP contribution in [0.5, 0.6) is 0 Å². The zero-order valence-corrected chi connectivity index (χ0v) is 16.2. The smallest absolute Gasteiger partial charge is 0.228 e. The van der Waals surface area contributed by atoms with Crippen LogP contribution in [0.15, 0.2) is 29.8 Å². The minimum atomic E-state index is 0.144. The summed E-state index contributed by atoms with van der Waals surface area (Å²) in [6, 6.07) is 5.76. The van der Waals surface area contributed by atoms with E-state index in [1.54, 1.807) is 6.20 Å². The van der Waals surface area contributed by atoms with Gasteiger partial charge in [0.05, 0.1) is 36.6 Å². The minimum Gasteiger partial charge on any atom is -0.376 e. The average molecular weight is 388 g/mol. The van der Waals surface area contributed by atoms with Crippen molar-refractivity contribution in [2.75, 3.05) is 26.3 Å². The number of carbonyl (C=O) groups is 1. The van der Waals surface area contributed by atoms with Crippen LogP contribution in [0.4, 0.5) is 0 Å². The molecule has 7 heteroatoms. The Morgan fingerprint density at radius 2 is 2.19 bits per heavy atom. The van der Waals surface area contributed by atoms with Gasteiger partial charge >= 0.3 is 0 Å². The molecule has 2 aromatic rings. The summed E-state index contributed by atoms with van der Waals surface area (Å²) in [5.41, 5.74) is 1.67. The lowest BCUT2D eigenvalue weighted by molar-refractivity contribution is -0.133. The van der Waals surface area contributed by atoms with Crippen molar-refractivity contribution in [3.05, 3.63) is 35.5 Å². The number of amides is 1. The Morgan fingerprint density at radius 3 is 2.93 bits per heavy atom. The summed E-state index contributed by atoms with van der Waals surface area (Å²) in [4.78, 5) is 23.4. The zero-order valence-electron chi connectivity index (χ0n) is 15.4. The van der Waals surface area contributed by atoms with Crippen LogP contribution >= 0.6 is 11.3 Å².